The summed E-state index contributed by atoms with van der Waals surface area (Å²) in [6, 6.07) is 14.3. The summed E-state index contributed by atoms with van der Waals surface area (Å²) in [5.74, 6) is 0.145. The third kappa shape index (κ3) is 24.4. The quantitative estimate of drug-likeness (QED) is 0.114. The average Bonchev–Trinajstić information content (AvgIpc) is 3.08. The predicted octanol–water partition coefficient (Wildman–Crippen LogP) is 1.09. The van der Waals surface area contributed by atoms with E-state index < -0.39 is 26.1 Å². The minimum atomic E-state index is -5.39. The Hall–Kier alpha value is -3.19. The third-order valence-electron chi connectivity index (χ3n) is 7.45. The van der Waals surface area contributed by atoms with Gasteiger partial charge in [-0.25, -0.2) is 0 Å². The molecule has 0 saturated heterocycles. The molecule has 0 amide bonds. The van der Waals surface area contributed by atoms with Crippen LogP contribution >= 0.6 is 7.82 Å². The highest BCUT2D eigenvalue weighted by Crippen LogP contribution is 2.25. The van der Waals surface area contributed by atoms with Gasteiger partial charge in [0.05, 0.1) is 38.1 Å². The smallest absolute Gasteiger partial charge is 0.121 e. The van der Waals surface area contributed by atoms with E-state index in [9.17, 15) is 30.6 Å². The predicted molar refractivity (Wildman–Crippen MR) is 208 cm³/mol. The van der Waals surface area contributed by atoms with Crippen molar-refractivity contribution in [3.05, 3.63) is 88.0 Å². The van der Waals surface area contributed by atoms with Crippen molar-refractivity contribution < 1.29 is 65.2 Å². The molecule has 12 N–H and O–H groups in total. The van der Waals surface area contributed by atoms with Gasteiger partial charge < -0.3 is 81.2 Å². The summed E-state index contributed by atoms with van der Waals surface area (Å²) in [5.41, 5.74) is 3.16. The van der Waals surface area contributed by atoms with Crippen LogP contribution in [-0.4, -0.2) is 82.2 Å². The topological polar surface area (TPSA) is 304 Å². The summed E-state index contributed by atoms with van der Waals surface area (Å²) in [6.07, 6.45) is -1.96. The standard InChI is InChI=1S/3C13H21NO3.H3O4P/c3*1-13(2,3)14-7-12(17)9-4-5-11(16)10(6-9)8-15;1-5(2,3)4/h3*4-6,12,14-17H,7-8H2,1-3H3;(H3,1,2,3,4)/p-3. The van der Waals surface area contributed by atoms with E-state index in [0.717, 1.165) is 0 Å². The van der Waals surface area contributed by atoms with Crippen LogP contribution in [0.2, 0.25) is 0 Å². The van der Waals surface area contributed by atoms with Gasteiger partial charge in [-0.1, -0.05) is 18.2 Å². The van der Waals surface area contributed by atoms with E-state index in [1.807, 2.05) is 62.3 Å². The molecule has 56 heavy (non-hydrogen) atoms. The summed E-state index contributed by atoms with van der Waals surface area (Å²) in [7, 11) is -5.39. The second-order valence-electron chi connectivity index (χ2n) is 16.0. The lowest BCUT2D eigenvalue weighted by Crippen LogP contribution is -2.38. The Labute approximate surface area is 330 Å². The first kappa shape index (κ1) is 52.8. The maximum Gasteiger partial charge on any atom is 0.121 e. The van der Waals surface area contributed by atoms with Crippen LogP contribution in [0, 0.1) is 0 Å². The number of phenols is 3. The summed E-state index contributed by atoms with van der Waals surface area (Å²) in [4.78, 5) is 25.6. The highest BCUT2D eigenvalue weighted by Gasteiger charge is 2.17. The average molecular weight is 813 g/mol. The molecule has 0 spiro atoms. The number of nitrogens with one attached hydrogen (secondary N) is 3. The van der Waals surface area contributed by atoms with Crippen molar-refractivity contribution in [2.75, 3.05) is 19.6 Å². The van der Waals surface area contributed by atoms with Gasteiger partial charge in [-0.05, 0) is 115 Å². The van der Waals surface area contributed by atoms with Gasteiger partial charge >= 0.3 is 0 Å². The number of hydrogen-bond donors (Lipinski definition) is 12. The van der Waals surface area contributed by atoms with Gasteiger partial charge in [-0.15, -0.1) is 0 Å². The molecule has 0 aliphatic rings. The van der Waals surface area contributed by atoms with Crippen molar-refractivity contribution in [1.82, 2.24) is 16.0 Å². The van der Waals surface area contributed by atoms with Crippen molar-refractivity contribution in [2.24, 2.45) is 0 Å². The minimum absolute atomic E-state index is 0.0484. The van der Waals surface area contributed by atoms with E-state index in [4.69, 9.17) is 34.6 Å². The summed E-state index contributed by atoms with van der Waals surface area (Å²) < 4.78 is 8.55. The van der Waals surface area contributed by atoms with Crippen LogP contribution in [0.5, 0.6) is 17.2 Å². The van der Waals surface area contributed by atoms with E-state index >= 15 is 0 Å². The number of benzene rings is 3. The van der Waals surface area contributed by atoms with Crippen molar-refractivity contribution in [1.29, 1.82) is 0 Å². The fraction of sp³-hybridized carbons (Fsp3) is 0.538. The molecule has 0 heterocycles. The Kier molecular flexibility index (Phi) is 22.5. The first-order valence-electron chi connectivity index (χ1n) is 17.8. The molecule has 3 atom stereocenters. The van der Waals surface area contributed by atoms with E-state index in [0.29, 0.717) is 53.0 Å². The molecule has 0 bridgehead atoms. The number of phosphoric acid groups is 1. The molecule has 3 aromatic rings. The zero-order valence-electron chi connectivity index (χ0n) is 33.8. The number of β-amino-alcohol motifs (C(OH)–C–C–N with tert-alkyl or cyclic N) is 3. The highest BCUT2D eigenvalue weighted by atomic mass is 31.2. The lowest BCUT2D eigenvalue weighted by molar-refractivity contribution is -0.432. The van der Waals surface area contributed by atoms with E-state index in [1.165, 1.54) is 18.2 Å². The Morgan fingerprint density at radius 1 is 0.500 bits per heavy atom. The SMILES string of the molecule is CC(C)(C)NCC(O)c1ccc(O)c(CO)c1.CC(C)(C)NCC(O)c1ccc(O)c(CO)c1.CC(C)(C)NCC(O)c1ccc(O)c(CO)c1.O=P([O-])([O-])[O-]. The molecule has 0 radical (unpaired) electrons. The maximum absolute atomic E-state index is 9.97. The first-order chi connectivity index (χ1) is 25.5. The lowest BCUT2D eigenvalue weighted by Gasteiger charge is -2.36. The zero-order valence-corrected chi connectivity index (χ0v) is 34.7. The normalized spacial score (nSPS) is 13.5. The van der Waals surface area contributed by atoms with Gasteiger partial charge in [0.25, 0.3) is 0 Å². The molecule has 0 aliphatic carbocycles. The Bertz CT molecular complexity index is 1450. The third-order valence-corrected chi connectivity index (χ3v) is 7.45. The van der Waals surface area contributed by atoms with Crippen molar-refractivity contribution in [3.8, 4) is 17.2 Å². The highest BCUT2D eigenvalue weighted by molar-refractivity contribution is 7.40. The van der Waals surface area contributed by atoms with Crippen LogP contribution in [-0.2, 0) is 24.4 Å². The molecule has 0 aliphatic heterocycles. The van der Waals surface area contributed by atoms with Crippen molar-refractivity contribution >= 4 is 7.82 Å². The molecule has 3 unspecified atom stereocenters. The molecular formula is C39H63N3O13P-3. The molecule has 0 fully saturated rings. The first-order valence-corrected chi connectivity index (χ1v) is 19.3. The Morgan fingerprint density at radius 3 is 0.857 bits per heavy atom. The van der Waals surface area contributed by atoms with E-state index in [1.54, 1.807) is 36.4 Å². The van der Waals surface area contributed by atoms with Gasteiger partial charge in [-0.2, -0.15) is 7.82 Å². The number of hydrogen-bond acceptors (Lipinski definition) is 16. The molecule has 0 aromatic heterocycles. The lowest BCUT2D eigenvalue weighted by atomic mass is 10.0. The molecule has 0 saturated carbocycles. The summed E-state index contributed by atoms with van der Waals surface area (Å²) >= 11 is 0. The van der Waals surface area contributed by atoms with E-state index in [-0.39, 0.29) is 53.7 Å². The number of aromatic hydroxyl groups is 3. The van der Waals surface area contributed by atoms with Crippen molar-refractivity contribution in [3.63, 3.8) is 0 Å². The van der Waals surface area contributed by atoms with Gasteiger partial charge in [-0.3, -0.25) is 0 Å². The zero-order chi connectivity index (χ0) is 43.7. The van der Waals surface area contributed by atoms with Gasteiger partial charge in [0.1, 0.15) is 17.2 Å². The molecular weight excluding hydrogens is 749 g/mol. The molecule has 3 rings (SSSR count). The summed E-state index contributed by atoms with van der Waals surface area (Å²) in [6.45, 7) is 18.8. The Balaban J connectivity index is 0.000000762. The van der Waals surface area contributed by atoms with Gasteiger partial charge in [0.15, 0.2) is 0 Å². The van der Waals surface area contributed by atoms with Crippen LogP contribution in [0.3, 0.4) is 0 Å². The molecule has 3 aromatic carbocycles. The maximum atomic E-state index is 9.97. The van der Waals surface area contributed by atoms with Gasteiger partial charge in [0.2, 0.25) is 0 Å². The van der Waals surface area contributed by atoms with Crippen LogP contribution in [0.4, 0.5) is 0 Å². The second kappa shape index (κ2) is 23.9. The second-order valence-corrected chi connectivity index (χ2v) is 16.9. The van der Waals surface area contributed by atoms with Crippen LogP contribution < -0.4 is 30.6 Å². The van der Waals surface area contributed by atoms with Gasteiger partial charge in [0, 0.05) is 52.9 Å². The Morgan fingerprint density at radius 2 is 0.696 bits per heavy atom. The monoisotopic (exact) mass is 812 g/mol. The minimum Gasteiger partial charge on any atom is -0.822 e. The van der Waals surface area contributed by atoms with Crippen molar-refractivity contribution in [2.45, 2.75) is 117 Å². The number of aliphatic hydroxyl groups is 6. The van der Waals surface area contributed by atoms with Crippen LogP contribution in [0.15, 0.2) is 54.6 Å². The van der Waals surface area contributed by atoms with Crippen LogP contribution in [0.1, 0.15) is 114 Å². The molecule has 320 valence electrons. The summed E-state index contributed by atoms with van der Waals surface area (Å²) in [5, 5.41) is 94.8. The largest absolute Gasteiger partial charge is 0.822 e. The number of rotatable bonds is 12. The van der Waals surface area contributed by atoms with E-state index in [2.05, 4.69) is 16.0 Å². The number of aliphatic hydroxyl groups excluding tert-OH is 6. The van der Waals surface area contributed by atoms with Crippen LogP contribution in [0.25, 0.3) is 0 Å². The fourth-order valence-electron chi connectivity index (χ4n) is 4.38. The fourth-order valence-corrected chi connectivity index (χ4v) is 4.38. The molecule has 16 nitrogen and oxygen atoms in total. The molecule has 17 heteroatoms.